The van der Waals surface area contributed by atoms with E-state index in [2.05, 4.69) is 27.4 Å². The number of carbonyl (C=O) groups is 1. The van der Waals surface area contributed by atoms with Gasteiger partial charge in [0.2, 0.25) is 11.7 Å². The first kappa shape index (κ1) is 17.5. The van der Waals surface area contributed by atoms with Crippen LogP contribution in [0.4, 0.5) is 10.5 Å². The van der Waals surface area contributed by atoms with Gasteiger partial charge < -0.3 is 14.7 Å². The van der Waals surface area contributed by atoms with Crippen molar-refractivity contribution in [1.82, 2.24) is 20.0 Å². The summed E-state index contributed by atoms with van der Waals surface area (Å²) in [5.74, 6) is 1.26. The SMILES string of the molecule is CC1CN(C(=O)Nc2ccccc2Cl)CC1c1nc(-c2ccncc2)no1. The zero-order chi connectivity index (χ0) is 18.8. The molecule has 7 nitrogen and oxygen atoms in total. The van der Waals surface area contributed by atoms with Gasteiger partial charge >= 0.3 is 6.03 Å². The Morgan fingerprint density at radius 2 is 2.00 bits per heavy atom. The summed E-state index contributed by atoms with van der Waals surface area (Å²) >= 11 is 6.12. The first-order valence-electron chi connectivity index (χ1n) is 8.66. The van der Waals surface area contributed by atoms with Gasteiger partial charge in [0, 0.05) is 31.0 Å². The van der Waals surface area contributed by atoms with Gasteiger partial charge in [-0.3, -0.25) is 4.98 Å². The molecule has 1 fully saturated rings. The number of rotatable bonds is 3. The quantitative estimate of drug-likeness (QED) is 0.737. The number of pyridine rings is 1. The summed E-state index contributed by atoms with van der Waals surface area (Å²) in [6, 6.07) is 10.6. The van der Waals surface area contributed by atoms with Crippen molar-refractivity contribution >= 4 is 23.3 Å². The van der Waals surface area contributed by atoms with Crippen LogP contribution in [-0.2, 0) is 0 Å². The number of para-hydroxylation sites is 1. The van der Waals surface area contributed by atoms with Gasteiger partial charge in [0.1, 0.15) is 0 Å². The molecule has 138 valence electrons. The molecule has 4 rings (SSSR count). The van der Waals surface area contributed by atoms with E-state index in [0.29, 0.717) is 35.5 Å². The van der Waals surface area contributed by atoms with Gasteiger partial charge in [0.15, 0.2) is 0 Å². The van der Waals surface area contributed by atoms with Crippen molar-refractivity contribution < 1.29 is 9.32 Å². The second-order valence-electron chi connectivity index (χ2n) is 6.59. The van der Waals surface area contributed by atoms with Crippen LogP contribution in [0.15, 0.2) is 53.3 Å². The minimum Gasteiger partial charge on any atom is -0.339 e. The molecule has 1 aromatic carbocycles. The number of hydrogen-bond donors (Lipinski definition) is 1. The molecular weight excluding hydrogens is 366 g/mol. The number of aromatic nitrogens is 3. The smallest absolute Gasteiger partial charge is 0.321 e. The number of benzene rings is 1. The van der Waals surface area contributed by atoms with E-state index in [9.17, 15) is 4.79 Å². The Hall–Kier alpha value is -2.93. The minimum atomic E-state index is -0.189. The number of amides is 2. The van der Waals surface area contributed by atoms with Crippen LogP contribution < -0.4 is 5.32 Å². The van der Waals surface area contributed by atoms with Crippen molar-refractivity contribution in [2.24, 2.45) is 5.92 Å². The van der Waals surface area contributed by atoms with E-state index in [1.165, 1.54) is 0 Å². The zero-order valence-corrected chi connectivity index (χ0v) is 15.4. The molecule has 1 aliphatic rings. The molecule has 2 amide bonds. The van der Waals surface area contributed by atoms with Gasteiger partial charge in [-0.05, 0) is 30.2 Å². The molecule has 1 N–H and O–H groups in total. The maximum absolute atomic E-state index is 12.6. The lowest BCUT2D eigenvalue weighted by atomic mass is 9.98. The Balaban J connectivity index is 1.46. The Bertz CT molecular complexity index is 946. The van der Waals surface area contributed by atoms with Crippen LogP contribution in [0.3, 0.4) is 0 Å². The van der Waals surface area contributed by atoms with Crippen molar-refractivity contribution in [2.45, 2.75) is 12.8 Å². The van der Waals surface area contributed by atoms with Gasteiger partial charge in [-0.1, -0.05) is 35.8 Å². The minimum absolute atomic E-state index is 0.00918. The van der Waals surface area contributed by atoms with E-state index in [0.717, 1.165) is 5.56 Å². The van der Waals surface area contributed by atoms with Crippen molar-refractivity contribution in [3.63, 3.8) is 0 Å². The van der Waals surface area contributed by atoms with Crippen molar-refractivity contribution in [3.8, 4) is 11.4 Å². The lowest BCUT2D eigenvalue weighted by molar-refractivity contribution is 0.220. The van der Waals surface area contributed by atoms with E-state index in [1.54, 1.807) is 29.4 Å². The van der Waals surface area contributed by atoms with Gasteiger partial charge in [0.05, 0.1) is 16.6 Å². The Kier molecular flexibility index (Phi) is 4.77. The van der Waals surface area contributed by atoms with E-state index in [-0.39, 0.29) is 17.9 Å². The first-order valence-corrected chi connectivity index (χ1v) is 9.04. The first-order chi connectivity index (χ1) is 13.1. The van der Waals surface area contributed by atoms with Gasteiger partial charge in [0.25, 0.3) is 0 Å². The third kappa shape index (κ3) is 3.64. The Labute approximate surface area is 161 Å². The molecule has 2 unspecified atom stereocenters. The molecule has 0 saturated carbocycles. The summed E-state index contributed by atoms with van der Waals surface area (Å²) < 4.78 is 5.48. The summed E-state index contributed by atoms with van der Waals surface area (Å²) in [4.78, 5) is 22.9. The number of urea groups is 1. The lowest BCUT2D eigenvalue weighted by Gasteiger charge is -2.17. The normalized spacial score (nSPS) is 19.3. The summed E-state index contributed by atoms with van der Waals surface area (Å²) in [6.45, 7) is 3.19. The number of halogens is 1. The van der Waals surface area contributed by atoms with E-state index in [4.69, 9.17) is 16.1 Å². The van der Waals surface area contributed by atoms with Crippen molar-refractivity contribution in [3.05, 3.63) is 59.7 Å². The highest BCUT2D eigenvalue weighted by Gasteiger charge is 2.37. The predicted octanol–water partition coefficient (Wildman–Crippen LogP) is 4.05. The average Bonchev–Trinajstić information content (AvgIpc) is 3.31. The Morgan fingerprint density at radius 3 is 2.78 bits per heavy atom. The molecule has 0 bridgehead atoms. The second-order valence-corrected chi connectivity index (χ2v) is 7.00. The fraction of sp³-hybridized carbons (Fsp3) is 0.263. The average molecular weight is 384 g/mol. The lowest BCUT2D eigenvalue weighted by Crippen LogP contribution is -2.33. The molecule has 8 heteroatoms. The molecule has 1 aliphatic heterocycles. The predicted molar refractivity (Wildman–Crippen MR) is 101 cm³/mol. The Morgan fingerprint density at radius 1 is 1.22 bits per heavy atom. The molecule has 27 heavy (non-hydrogen) atoms. The highest BCUT2D eigenvalue weighted by Crippen LogP contribution is 2.33. The molecule has 3 heterocycles. The molecule has 0 aliphatic carbocycles. The van der Waals surface area contributed by atoms with Gasteiger partial charge in [-0.25, -0.2) is 4.79 Å². The second kappa shape index (κ2) is 7.36. The molecule has 0 spiro atoms. The van der Waals surface area contributed by atoms with Crippen molar-refractivity contribution in [1.29, 1.82) is 0 Å². The van der Waals surface area contributed by atoms with Gasteiger partial charge in [-0.2, -0.15) is 4.98 Å². The van der Waals surface area contributed by atoms with Crippen molar-refractivity contribution in [2.75, 3.05) is 18.4 Å². The maximum Gasteiger partial charge on any atom is 0.321 e. The number of carbonyl (C=O) groups excluding carboxylic acids is 1. The molecule has 1 saturated heterocycles. The zero-order valence-electron chi connectivity index (χ0n) is 14.7. The molecule has 3 aromatic rings. The van der Waals surface area contributed by atoms with Crippen LogP contribution in [0.25, 0.3) is 11.4 Å². The fourth-order valence-corrected chi connectivity index (χ4v) is 3.40. The van der Waals surface area contributed by atoms with Gasteiger partial charge in [-0.15, -0.1) is 0 Å². The molecule has 0 radical (unpaired) electrons. The number of nitrogens with zero attached hydrogens (tertiary/aromatic N) is 4. The third-order valence-corrected chi connectivity index (χ3v) is 5.04. The molecular formula is C19H18ClN5O2. The largest absolute Gasteiger partial charge is 0.339 e. The number of anilines is 1. The van der Waals surface area contributed by atoms with Crippen LogP contribution in [-0.4, -0.2) is 39.1 Å². The van der Waals surface area contributed by atoms with Crippen LogP contribution in [0.5, 0.6) is 0 Å². The van der Waals surface area contributed by atoms with Crippen LogP contribution in [0.2, 0.25) is 5.02 Å². The monoisotopic (exact) mass is 383 g/mol. The molecule has 2 aromatic heterocycles. The highest BCUT2D eigenvalue weighted by molar-refractivity contribution is 6.33. The van der Waals surface area contributed by atoms with Crippen LogP contribution >= 0.6 is 11.6 Å². The highest BCUT2D eigenvalue weighted by atomic mass is 35.5. The summed E-state index contributed by atoms with van der Waals surface area (Å²) in [7, 11) is 0. The maximum atomic E-state index is 12.6. The summed E-state index contributed by atoms with van der Waals surface area (Å²) in [5, 5.41) is 7.43. The van der Waals surface area contributed by atoms with E-state index < -0.39 is 0 Å². The molecule has 2 atom stereocenters. The van der Waals surface area contributed by atoms with E-state index >= 15 is 0 Å². The van der Waals surface area contributed by atoms with E-state index in [1.807, 2.05) is 24.3 Å². The summed E-state index contributed by atoms with van der Waals surface area (Å²) in [6.07, 6.45) is 3.37. The van der Waals surface area contributed by atoms with Crippen LogP contribution in [0, 0.1) is 5.92 Å². The van der Waals surface area contributed by atoms with Crippen LogP contribution in [0.1, 0.15) is 18.7 Å². The number of likely N-dealkylation sites (tertiary alicyclic amines) is 1. The standard InChI is InChI=1S/C19H18ClN5O2/c1-12-10-25(19(26)22-16-5-3-2-4-15(16)20)11-14(12)18-23-17(24-27-18)13-6-8-21-9-7-13/h2-9,12,14H,10-11H2,1H3,(H,22,26). The topological polar surface area (TPSA) is 84.2 Å². The fourth-order valence-electron chi connectivity index (χ4n) is 3.21. The third-order valence-electron chi connectivity index (χ3n) is 4.71. The summed E-state index contributed by atoms with van der Waals surface area (Å²) in [5.41, 5.74) is 1.44. The number of nitrogens with one attached hydrogen (secondary N) is 1. The number of hydrogen-bond acceptors (Lipinski definition) is 5.